The first-order chi connectivity index (χ1) is 14.7. The number of halogens is 3. The van der Waals surface area contributed by atoms with Crippen LogP contribution in [-0.4, -0.2) is 28.5 Å². The zero-order valence-corrected chi connectivity index (χ0v) is 16.3. The summed E-state index contributed by atoms with van der Waals surface area (Å²) in [5, 5.41) is 6.45. The summed E-state index contributed by atoms with van der Waals surface area (Å²) in [5.74, 6) is -0.608. The summed E-state index contributed by atoms with van der Waals surface area (Å²) >= 11 is 0. The van der Waals surface area contributed by atoms with Gasteiger partial charge in [-0.05, 0) is 49.4 Å². The SMILES string of the molecule is Cc1noc(-c2ccc(NC(=O)[C@H]3CC(=O)N(c4cccc(C(F)(F)F)c4)C3)cc2)n1. The van der Waals surface area contributed by atoms with Crippen molar-refractivity contribution >= 4 is 23.2 Å². The fraction of sp³-hybridized carbons (Fsp3) is 0.238. The second kappa shape index (κ2) is 7.86. The summed E-state index contributed by atoms with van der Waals surface area (Å²) < 4.78 is 44.0. The van der Waals surface area contributed by atoms with Gasteiger partial charge in [0.15, 0.2) is 5.82 Å². The number of hydrogen-bond acceptors (Lipinski definition) is 5. The number of rotatable bonds is 4. The molecule has 0 spiro atoms. The molecule has 0 radical (unpaired) electrons. The van der Waals surface area contributed by atoms with Crippen molar-refractivity contribution in [1.82, 2.24) is 10.1 Å². The molecule has 2 heterocycles. The minimum absolute atomic E-state index is 0.00528. The number of benzene rings is 2. The monoisotopic (exact) mass is 430 g/mol. The third kappa shape index (κ3) is 4.42. The molecule has 1 saturated heterocycles. The summed E-state index contributed by atoms with van der Waals surface area (Å²) in [6.07, 6.45) is -4.59. The lowest BCUT2D eigenvalue weighted by molar-refractivity contribution is -0.137. The number of nitrogens with one attached hydrogen (secondary N) is 1. The number of nitrogens with zero attached hydrogens (tertiary/aromatic N) is 3. The molecule has 2 amide bonds. The van der Waals surface area contributed by atoms with Crippen LogP contribution in [-0.2, 0) is 15.8 Å². The number of aryl methyl sites for hydroxylation is 1. The van der Waals surface area contributed by atoms with Crippen molar-refractivity contribution in [2.45, 2.75) is 19.5 Å². The van der Waals surface area contributed by atoms with Gasteiger partial charge in [0.1, 0.15) is 0 Å². The first-order valence-electron chi connectivity index (χ1n) is 9.40. The molecule has 1 aromatic heterocycles. The molecule has 10 heteroatoms. The maximum atomic E-state index is 13.0. The molecule has 1 N–H and O–H groups in total. The van der Waals surface area contributed by atoms with Gasteiger partial charge < -0.3 is 14.7 Å². The molecule has 7 nitrogen and oxygen atoms in total. The van der Waals surface area contributed by atoms with Gasteiger partial charge >= 0.3 is 6.18 Å². The van der Waals surface area contributed by atoms with E-state index in [2.05, 4.69) is 15.5 Å². The van der Waals surface area contributed by atoms with Gasteiger partial charge in [-0.3, -0.25) is 9.59 Å². The highest BCUT2D eigenvalue weighted by molar-refractivity contribution is 6.03. The fourth-order valence-corrected chi connectivity index (χ4v) is 3.34. The van der Waals surface area contributed by atoms with Crippen LogP contribution < -0.4 is 10.2 Å². The third-order valence-corrected chi connectivity index (χ3v) is 4.91. The second-order valence-corrected chi connectivity index (χ2v) is 7.17. The van der Waals surface area contributed by atoms with Crippen molar-refractivity contribution in [3.05, 3.63) is 59.9 Å². The Morgan fingerprint density at radius 3 is 2.58 bits per heavy atom. The average Bonchev–Trinajstić information content (AvgIpc) is 3.34. The number of carbonyl (C=O) groups is 2. The zero-order valence-electron chi connectivity index (χ0n) is 16.3. The summed E-state index contributed by atoms with van der Waals surface area (Å²) in [6, 6.07) is 11.2. The van der Waals surface area contributed by atoms with Crippen LogP contribution in [0.2, 0.25) is 0 Å². The van der Waals surface area contributed by atoms with E-state index in [1.807, 2.05) is 0 Å². The molecule has 4 rings (SSSR count). The zero-order chi connectivity index (χ0) is 22.2. The molecular weight excluding hydrogens is 413 g/mol. The summed E-state index contributed by atoms with van der Waals surface area (Å²) in [4.78, 5) is 30.3. The molecule has 1 aliphatic rings. The Kier molecular flexibility index (Phi) is 5.22. The largest absolute Gasteiger partial charge is 0.416 e. The van der Waals surface area contributed by atoms with Crippen molar-refractivity contribution in [2.24, 2.45) is 5.92 Å². The van der Waals surface area contributed by atoms with Gasteiger partial charge in [0.05, 0.1) is 11.5 Å². The van der Waals surface area contributed by atoms with Crippen LogP contribution in [0.4, 0.5) is 24.5 Å². The van der Waals surface area contributed by atoms with Gasteiger partial charge in [0, 0.05) is 29.9 Å². The number of anilines is 2. The predicted octanol–water partition coefficient (Wildman–Crippen LogP) is 4.06. The van der Waals surface area contributed by atoms with Crippen molar-refractivity contribution in [3.63, 3.8) is 0 Å². The highest BCUT2D eigenvalue weighted by atomic mass is 19.4. The maximum absolute atomic E-state index is 13.0. The number of aromatic nitrogens is 2. The Morgan fingerprint density at radius 2 is 1.94 bits per heavy atom. The molecule has 0 unspecified atom stereocenters. The molecule has 3 aromatic rings. The standard InChI is InChI=1S/C21H17F3N4O3/c1-12-25-20(31-27-12)13-5-7-16(8-6-13)26-19(30)14-9-18(29)28(11-14)17-4-2-3-15(10-17)21(22,23)24/h2-8,10,14H,9,11H2,1H3,(H,26,30)/t14-/m0/s1. The van der Waals surface area contributed by atoms with Crippen molar-refractivity contribution in [3.8, 4) is 11.5 Å². The van der Waals surface area contributed by atoms with Gasteiger partial charge in [0.25, 0.3) is 5.89 Å². The van der Waals surface area contributed by atoms with Crippen molar-refractivity contribution in [1.29, 1.82) is 0 Å². The van der Waals surface area contributed by atoms with Crippen LogP contribution in [0.3, 0.4) is 0 Å². The molecule has 2 aromatic carbocycles. The third-order valence-electron chi connectivity index (χ3n) is 4.91. The molecule has 0 saturated carbocycles. The van der Waals surface area contributed by atoms with E-state index < -0.39 is 23.6 Å². The van der Waals surface area contributed by atoms with E-state index in [0.29, 0.717) is 23.0 Å². The molecule has 1 aliphatic heterocycles. The number of carbonyl (C=O) groups excluding carboxylic acids is 2. The molecule has 0 bridgehead atoms. The second-order valence-electron chi connectivity index (χ2n) is 7.17. The van der Waals surface area contributed by atoms with E-state index in [1.165, 1.54) is 17.0 Å². The van der Waals surface area contributed by atoms with Crippen LogP contribution in [0.5, 0.6) is 0 Å². The van der Waals surface area contributed by atoms with E-state index >= 15 is 0 Å². The van der Waals surface area contributed by atoms with E-state index in [0.717, 1.165) is 12.1 Å². The minimum atomic E-state index is -4.51. The Labute approximate surface area is 174 Å². The Bertz CT molecular complexity index is 1130. The van der Waals surface area contributed by atoms with Crippen LogP contribution in [0, 0.1) is 12.8 Å². The molecule has 0 aliphatic carbocycles. The number of hydrogen-bond donors (Lipinski definition) is 1. The summed E-state index contributed by atoms with van der Waals surface area (Å²) in [6.45, 7) is 1.71. The summed E-state index contributed by atoms with van der Waals surface area (Å²) in [5.41, 5.74) is 0.469. The first kappa shape index (κ1) is 20.6. The Morgan fingerprint density at radius 1 is 1.19 bits per heavy atom. The van der Waals surface area contributed by atoms with Crippen LogP contribution >= 0.6 is 0 Å². The molecule has 31 heavy (non-hydrogen) atoms. The molecular formula is C21H17F3N4O3. The van der Waals surface area contributed by atoms with Crippen molar-refractivity contribution in [2.75, 3.05) is 16.8 Å². The topological polar surface area (TPSA) is 88.3 Å². The Hall–Kier alpha value is -3.69. The summed E-state index contributed by atoms with van der Waals surface area (Å²) in [7, 11) is 0. The van der Waals surface area contributed by atoms with Crippen LogP contribution in [0.15, 0.2) is 53.1 Å². The molecule has 1 fully saturated rings. The lowest BCUT2D eigenvalue weighted by Gasteiger charge is -2.18. The lowest BCUT2D eigenvalue weighted by atomic mass is 10.1. The van der Waals surface area contributed by atoms with E-state index in [1.54, 1.807) is 31.2 Å². The van der Waals surface area contributed by atoms with Crippen molar-refractivity contribution < 1.29 is 27.3 Å². The smallest absolute Gasteiger partial charge is 0.334 e. The predicted molar refractivity (Wildman–Crippen MR) is 105 cm³/mol. The highest BCUT2D eigenvalue weighted by Crippen LogP contribution is 2.33. The highest BCUT2D eigenvalue weighted by Gasteiger charge is 2.37. The number of amides is 2. The molecule has 160 valence electrons. The normalized spacial score (nSPS) is 16.6. The lowest BCUT2D eigenvalue weighted by Crippen LogP contribution is -2.28. The molecule has 1 atom stereocenters. The number of alkyl halides is 3. The van der Waals surface area contributed by atoms with Crippen LogP contribution in [0.1, 0.15) is 17.8 Å². The van der Waals surface area contributed by atoms with E-state index in [9.17, 15) is 22.8 Å². The Balaban J connectivity index is 1.43. The van der Waals surface area contributed by atoms with Gasteiger partial charge in [-0.2, -0.15) is 18.2 Å². The average molecular weight is 430 g/mol. The van der Waals surface area contributed by atoms with Gasteiger partial charge in [0.2, 0.25) is 11.8 Å². The first-order valence-corrected chi connectivity index (χ1v) is 9.40. The quantitative estimate of drug-likeness (QED) is 0.675. The van der Waals surface area contributed by atoms with Gasteiger partial charge in [-0.15, -0.1) is 0 Å². The van der Waals surface area contributed by atoms with E-state index in [4.69, 9.17) is 4.52 Å². The maximum Gasteiger partial charge on any atom is 0.416 e. The van der Waals surface area contributed by atoms with Crippen LogP contribution in [0.25, 0.3) is 11.5 Å². The fourth-order valence-electron chi connectivity index (χ4n) is 3.34. The van der Waals surface area contributed by atoms with Gasteiger partial charge in [-0.1, -0.05) is 11.2 Å². The minimum Gasteiger partial charge on any atom is -0.334 e. The van der Waals surface area contributed by atoms with Gasteiger partial charge in [-0.25, -0.2) is 0 Å². The van der Waals surface area contributed by atoms with E-state index in [-0.39, 0.29) is 24.6 Å².